The van der Waals surface area contributed by atoms with Crippen LogP contribution in [0.3, 0.4) is 0 Å². The van der Waals surface area contributed by atoms with E-state index in [0.717, 1.165) is 10.9 Å². The molecular weight excluding hydrogens is 321 g/mol. The number of carboxylic acid groups (broad SMARTS) is 1. The minimum Gasteiger partial charge on any atom is -0.495 e. The molecule has 0 radical (unpaired) electrons. The van der Waals surface area contributed by atoms with Gasteiger partial charge in [0.2, 0.25) is 0 Å². The Morgan fingerprint density at radius 2 is 2.09 bits per heavy atom. The second-order valence-corrected chi connectivity index (χ2v) is 5.42. The van der Waals surface area contributed by atoms with Gasteiger partial charge in [-0.1, -0.05) is 23.7 Å². The first-order valence-electron chi connectivity index (χ1n) is 6.85. The highest BCUT2D eigenvalue weighted by atomic mass is 35.5. The molecule has 1 aromatic heterocycles. The number of aromatic carboxylic acids is 1. The number of ether oxygens (including phenoxy) is 1. The molecule has 23 heavy (non-hydrogen) atoms. The number of hydrogen-bond donors (Lipinski definition) is 1. The number of carboxylic acids is 1. The predicted molar refractivity (Wildman–Crippen MR) is 86.0 cm³/mol. The average molecular weight is 334 g/mol. The number of halogens is 2. The third-order valence-electron chi connectivity index (χ3n) is 3.72. The Morgan fingerprint density at radius 3 is 2.78 bits per heavy atom. The maximum atomic E-state index is 14.3. The fourth-order valence-corrected chi connectivity index (χ4v) is 2.86. The Morgan fingerprint density at radius 1 is 1.30 bits per heavy atom. The first kappa shape index (κ1) is 15.4. The van der Waals surface area contributed by atoms with Crippen LogP contribution in [-0.4, -0.2) is 22.8 Å². The normalized spacial score (nSPS) is 10.9. The molecule has 0 aliphatic carbocycles. The summed E-state index contributed by atoms with van der Waals surface area (Å²) in [6.45, 7) is 0.207. The van der Waals surface area contributed by atoms with Crippen LogP contribution >= 0.6 is 11.6 Å². The Labute approximate surface area is 136 Å². The van der Waals surface area contributed by atoms with Crippen LogP contribution in [0.5, 0.6) is 5.75 Å². The lowest BCUT2D eigenvalue weighted by Gasteiger charge is -2.10. The summed E-state index contributed by atoms with van der Waals surface area (Å²) in [5.74, 6) is -1.44. The van der Waals surface area contributed by atoms with E-state index in [9.17, 15) is 9.18 Å². The van der Waals surface area contributed by atoms with Crippen molar-refractivity contribution < 1.29 is 19.0 Å². The first-order chi connectivity index (χ1) is 11.0. The van der Waals surface area contributed by atoms with Crippen molar-refractivity contribution >= 4 is 28.5 Å². The van der Waals surface area contributed by atoms with Crippen molar-refractivity contribution in [1.29, 1.82) is 0 Å². The summed E-state index contributed by atoms with van der Waals surface area (Å²) < 4.78 is 21.3. The second-order valence-electron chi connectivity index (χ2n) is 5.04. The van der Waals surface area contributed by atoms with Crippen molar-refractivity contribution in [3.63, 3.8) is 0 Å². The first-order valence-corrected chi connectivity index (χ1v) is 7.22. The summed E-state index contributed by atoms with van der Waals surface area (Å²) >= 11 is 6.27. The van der Waals surface area contributed by atoms with Gasteiger partial charge in [-0.15, -0.1) is 0 Å². The van der Waals surface area contributed by atoms with Crippen molar-refractivity contribution in [2.75, 3.05) is 7.11 Å². The van der Waals surface area contributed by atoms with Crippen molar-refractivity contribution in [3.05, 3.63) is 64.6 Å². The van der Waals surface area contributed by atoms with Crippen LogP contribution < -0.4 is 4.74 Å². The smallest absolute Gasteiger partial charge is 0.338 e. The molecule has 3 aromatic rings. The zero-order chi connectivity index (χ0) is 16.6. The summed E-state index contributed by atoms with van der Waals surface area (Å²) in [5, 5.41) is 10.3. The van der Waals surface area contributed by atoms with Gasteiger partial charge in [0.1, 0.15) is 11.6 Å². The van der Waals surface area contributed by atoms with Crippen LogP contribution in [-0.2, 0) is 6.54 Å². The number of fused-ring (bicyclic) bond motifs is 1. The lowest BCUT2D eigenvalue weighted by atomic mass is 10.1. The van der Waals surface area contributed by atoms with Gasteiger partial charge in [-0.2, -0.15) is 0 Å². The van der Waals surface area contributed by atoms with E-state index in [1.807, 2.05) is 16.7 Å². The molecule has 1 N–H and O–H groups in total. The van der Waals surface area contributed by atoms with Gasteiger partial charge in [-0.25, -0.2) is 9.18 Å². The van der Waals surface area contributed by atoms with Gasteiger partial charge < -0.3 is 14.4 Å². The van der Waals surface area contributed by atoms with Gasteiger partial charge in [0.05, 0.1) is 29.8 Å². The SMILES string of the molecule is COc1ccc2c(ccn2Cc2cccc(C(=O)O)c2F)c1Cl. The number of carbonyl (C=O) groups is 1. The molecule has 0 bridgehead atoms. The van der Waals surface area contributed by atoms with Crippen LogP contribution in [0.1, 0.15) is 15.9 Å². The summed E-state index contributed by atoms with van der Waals surface area (Å²) in [6.07, 6.45) is 1.78. The molecule has 0 aliphatic rings. The van der Waals surface area contributed by atoms with E-state index in [1.54, 1.807) is 18.3 Å². The topological polar surface area (TPSA) is 51.5 Å². The van der Waals surface area contributed by atoms with Crippen LogP contribution in [0.15, 0.2) is 42.6 Å². The molecule has 0 atom stereocenters. The van der Waals surface area contributed by atoms with Gasteiger partial charge in [-0.05, 0) is 24.3 Å². The van der Waals surface area contributed by atoms with Crippen molar-refractivity contribution in [2.45, 2.75) is 6.54 Å². The van der Waals surface area contributed by atoms with E-state index in [2.05, 4.69) is 0 Å². The van der Waals surface area contributed by atoms with E-state index >= 15 is 0 Å². The molecule has 3 rings (SSSR count). The number of benzene rings is 2. The molecule has 0 saturated carbocycles. The third kappa shape index (κ3) is 2.64. The summed E-state index contributed by atoms with van der Waals surface area (Å²) in [4.78, 5) is 11.0. The number of nitrogens with zero attached hydrogens (tertiary/aromatic N) is 1. The van der Waals surface area contributed by atoms with Gasteiger partial charge in [0.15, 0.2) is 0 Å². The Kier molecular flexibility index (Phi) is 3.96. The zero-order valence-corrected chi connectivity index (χ0v) is 13.0. The van der Waals surface area contributed by atoms with Crippen molar-refractivity contribution in [3.8, 4) is 5.75 Å². The second kappa shape index (κ2) is 5.93. The molecule has 0 unspecified atom stereocenters. The Bertz CT molecular complexity index is 904. The van der Waals surface area contributed by atoms with E-state index < -0.39 is 11.8 Å². The lowest BCUT2D eigenvalue weighted by Crippen LogP contribution is -2.06. The number of rotatable bonds is 4. The molecule has 1 heterocycles. The van der Waals surface area contributed by atoms with Crippen molar-refractivity contribution in [1.82, 2.24) is 4.57 Å². The fraction of sp³-hybridized carbons (Fsp3) is 0.118. The van der Waals surface area contributed by atoms with E-state index in [0.29, 0.717) is 16.3 Å². The van der Waals surface area contributed by atoms with Gasteiger partial charge in [0.25, 0.3) is 0 Å². The number of methoxy groups -OCH3 is 1. The summed E-state index contributed by atoms with van der Waals surface area (Å²) in [7, 11) is 1.54. The molecular formula is C17H13ClFNO3. The molecule has 2 aromatic carbocycles. The van der Waals surface area contributed by atoms with Crippen LogP contribution in [0.25, 0.3) is 10.9 Å². The molecule has 0 spiro atoms. The van der Waals surface area contributed by atoms with Crippen LogP contribution in [0, 0.1) is 5.82 Å². The average Bonchev–Trinajstić information content (AvgIpc) is 2.93. The van der Waals surface area contributed by atoms with Gasteiger partial charge in [-0.3, -0.25) is 0 Å². The molecule has 4 nitrogen and oxygen atoms in total. The van der Waals surface area contributed by atoms with Gasteiger partial charge in [0, 0.05) is 17.1 Å². The zero-order valence-electron chi connectivity index (χ0n) is 12.2. The minimum atomic E-state index is -1.28. The number of aromatic nitrogens is 1. The van der Waals surface area contributed by atoms with Crippen LogP contribution in [0.4, 0.5) is 4.39 Å². The van der Waals surface area contributed by atoms with Gasteiger partial charge >= 0.3 is 5.97 Å². The Balaban J connectivity index is 2.05. The van der Waals surface area contributed by atoms with E-state index in [-0.39, 0.29) is 12.1 Å². The monoisotopic (exact) mass is 333 g/mol. The maximum absolute atomic E-state index is 14.3. The summed E-state index contributed by atoms with van der Waals surface area (Å²) in [6, 6.07) is 9.74. The fourth-order valence-electron chi connectivity index (χ4n) is 2.56. The van der Waals surface area contributed by atoms with E-state index in [1.165, 1.54) is 19.2 Å². The standard InChI is InChI=1S/C17H13ClFNO3/c1-23-14-6-5-13-11(15(14)18)7-8-20(13)9-10-3-2-4-12(16(10)19)17(21)22/h2-8H,9H2,1H3,(H,21,22). The molecule has 0 saturated heterocycles. The molecule has 0 aliphatic heterocycles. The van der Waals surface area contributed by atoms with Crippen molar-refractivity contribution in [2.24, 2.45) is 0 Å². The molecule has 118 valence electrons. The highest BCUT2D eigenvalue weighted by Crippen LogP contribution is 2.33. The largest absolute Gasteiger partial charge is 0.495 e. The molecule has 0 amide bonds. The highest BCUT2D eigenvalue weighted by molar-refractivity contribution is 6.36. The highest BCUT2D eigenvalue weighted by Gasteiger charge is 2.15. The predicted octanol–water partition coefficient (Wildman–Crippen LogP) is 4.19. The van der Waals surface area contributed by atoms with E-state index in [4.69, 9.17) is 21.4 Å². The summed E-state index contributed by atoms with van der Waals surface area (Å²) in [5.41, 5.74) is 0.781. The maximum Gasteiger partial charge on any atom is 0.338 e. The third-order valence-corrected chi connectivity index (χ3v) is 4.11. The van der Waals surface area contributed by atoms with Crippen LogP contribution in [0.2, 0.25) is 5.02 Å². The lowest BCUT2D eigenvalue weighted by molar-refractivity contribution is 0.0691. The quantitative estimate of drug-likeness (QED) is 0.779. The Hall–Kier alpha value is -2.53. The molecule has 0 fully saturated rings. The molecule has 6 heteroatoms. The minimum absolute atomic E-state index is 0.207. The number of hydrogen-bond acceptors (Lipinski definition) is 2.